The van der Waals surface area contributed by atoms with E-state index in [1.807, 2.05) is 0 Å². The average molecular weight is 513 g/mol. The molecule has 1 aliphatic heterocycles. The lowest BCUT2D eigenvalue weighted by molar-refractivity contribution is 0.187. The molecule has 0 aliphatic carbocycles. The van der Waals surface area contributed by atoms with Gasteiger partial charge in [-0.15, -0.1) is 23.7 Å². The van der Waals surface area contributed by atoms with E-state index in [0.29, 0.717) is 6.10 Å². The Hall–Kier alpha value is -2.28. The van der Waals surface area contributed by atoms with Gasteiger partial charge in [0.15, 0.2) is 5.82 Å². The number of fused-ring (bicyclic) bond motifs is 1. The van der Waals surface area contributed by atoms with Gasteiger partial charge >= 0.3 is 0 Å². The predicted molar refractivity (Wildman–Crippen MR) is 149 cm³/mol. The van der Waals surface area contributed by atoms with Gasteiger partial charge in [0, 0.05) is 25.5 Å². The number of hydrogen-bond donors (Lipinski definition) is 1. The van der Waals surface area contributed by atoms with Crippen LogP contribution in [0.15, 0.2) is 48.0 Å². The molecule has 1 unspecified atom stereocenters. The molecule has 0 saturated carbocycles. The highest BCUT2D eigenvalue weighted by Gasteiger charge is 2.17. The first-order chi connectivity index (χ1) is 16.7. The number of nitrogens with zero attached hydrogens (tertiary/aromatic N) is 3. The second kappa shape index (κ2) is 12.1. The highest BCUT2D eigenvalue weighted by molar-refractivity contribution is 7.17. The van der Waals surface area contributed by atoms with Gasteiger partial charge in [-0.1, -0.05) is 25.5 Å². The Morgan fingerprint density at radius 3 is 2.77 bits per heavy atom. The van der Waals surface area contributed by atoms with Crippen LogP contribution < -0.4 is 10.1 Å². The number of hydrogen-bond acceptors (Lipinski definition) is 4. The van der Waals surface area contributed by atoms with Crippen LogP contribution in [0.1, 0.15) is 50.3 Å². The van der Waals surface area contributed by atoms with Gasteiger partial charge in [-0.2, -0.15) is 0 Å². The maximum Gasteiger partial charge on any atom is 0.156 e. The van der Waals surface area contributed by atoms with E-state index >= 15 is 0 Å². The van der Waals surface area contributed by atoms with Crippen LogP contribution in [0.25, 0.3) is 21.7 Å². The number of nitrogens with one attached hydrogen (secondary N) is 1. The van der Waals surface area contributed by atoms with Crippen molar-refractivity contribution in [3.05, 3.63) is 59.2 Å². The van der Waals surface area contributed by atoms with Gasteiger partial charge in [0.05, 0.1) is 22.0 Å². The lowest BCUT2D eigenvalue weighted by Crippen LogP contribution is -2.19. The normalized spacial score (nSPS) is 16.2. The molecule has 5 rings (SSSR count). The van der Waals surface area contributed by atoms with Gasteiger partial charge in [0.25, 0.3) is 0 Å². The smallest absolute Gasteiger partial charge is 0.156 e. The van der Waals surface area contributed by atoms with Crippen molar-refractivity contribution in [3.63, 3.8) is 0 Å². The van der Waals surface area contributed by atoms with Gasteiger partial charge in [-0.25, -0.2) is 4.98 Å². The van der Waals surface area contributed by atoms with Crippen LogP contribution in [0.3, 0.4) is 0 Å². The largest absolute Gasteiger partial charge is 0.490 e. The number of thiophene rings is 1. The Labute approximate surface area is 218 Å². The molecule has 1 N–H and O–H groups in total. The molecular weight excluding hydrogens is 476 g/mol. The van der Waals surface area contributed by atoms with Crippen LogP contribution in [0.2, 0.25) is 0 Å². The zero-order valence-corrected chi connectivity index (χ0v) is 22.5. The second-order valence-corrected chi connectivity index (χ2v) is 10.3. The van der Waals surface area contributed by atoms with Gasteiger partial charge in [0.2, 0.25) is 0 Å². The quantitative estimate of drug-likeness (QED) is 0.273. The van der Waals surface area contributed by atoms with E-state index in [9.17, 15) is 0 Å². The number of imidazole rings is 1. The maximum absolute atomic E-state index is 6.24. The van der Waals surface area contributed by atoms with E-state index in [1.54, 1.807) is 11.3 Å². The molecule has 0 radical (unpaired) electrons. The molecule has 1 atom stereocenters. The van der Waals surface area contributed by atoms with Crippen molar-refractivity contribution in [1.29, 1.82) is 0 Å². The Balaban J connectivity index is 0.00000289. The molecule has 0 bridgehead atoms. The van der Waals surface area contributed by atoms with E-state index in [2.05, 4.69) is 76.4 Å². The first kappa shape index (κ1) is 25.8. The van der Waals surface area contributed by atoms with E-state index in [-0.39, 0.29) is 12.4 Å². The minimum absolute atomic E-state index is 0. The number of aryl methyl sites for hydroxylation is 3. The number of rotatable bonds is 9. The topological polar surface area (TPSA) is 44.0 Å². The third-order valence-corrected chi connectivity index (χ3v) is 7.79. The third-order valence-electron chi connectivity index (χ3n) is 6.93. The van der Waals surface area contributed by atoms with E-state index in [4.69, 9.17) is 9.72 Å². The summed E-state index contributed by atoms with van der Waals surface area (Å²) in [4.78, 5) is 4.87. The zero-order valence-electron chi connectivity index (χ0n) is 20.8. The highest BCUT2D eigenvalue weighted by Crippen LogP contribution is 2.31. The van der Waals surface area contributed by atoms with Gasteiger partial charge < -0.3 is 19.2 Å². The molecule has 0 amide bonds. The summed E-state index contributed by atoms with van der Waals surface area (Å²) in [5.74, 6) is 2.09. The van der Waals surface area contributed by atoms with Crippen molar-refractivity contribution < 1.29 is 4.74 Å². The first-order valence-corrected chi connectivity index (χ1v) is 13.6. The third kappa shape index (κ3) is 5.93. The van der Waals surface area contributed by atoms with E-state index in [0.717, 1.165) is 69.7 Å². The average Bonchev–Trinajstić information content (AvgIpc) is 3.48. The highest BCUT2D eigenvalue weighted by atomic mass is 35.5. The minimum atomic E-state index is 0. The molecule has 1 saturated heterocycles. The molecule has 188 valence electrons. The zero-order chi connectivity index (χ0) is 23.3. The predicted octanol–water partition coefficient (Wildman–Crippen LogP) is 6.63. The van der Waals surface area contributed by atoms with Crippen molar-refractivity contribution in [2.45, 2.75) is 64.5 Å². The Morgan fingerprint density at radius 2 is 1.97 bits per heavy atom. The number of ether oxygens (including phenoxy) is 1. The van der Waals surface area contributed by atoms with Gasteiger partial charge in [-0.3, -0.25) is 0 Å². The van der Waals surface area contributed by atoms with Crippen molar-refractivity contribution >= 4 is 34.0 Å². The number of benzene rings is 1. The first-order valence-electron chi connectivity index (χ1n) is 12.8. The van der Waals surface area contributed by atoms with Crippen molar-refractivity contribution in [2.24, 2.45) is 7.05 Å². The Morgan fingerprint density at radius 1 is 1.11 bits per heavy atom. The van der Waals surface area contributed by atoms with Crippen molar-refractivity contribution in [2.75, 3.05) is 13.1 Å². The van der Waals surface area contributed by atoms with Crippen LogP contribution in [-0.4, -0.2) is 33.3 Å². The summed E-state index contributed by atoms with van der Waals surface area (Å²) in [6.45, 7) is 5.39. The second-order valence-electron chi connectivity index (χ2n) is 9.40. The van der Waals surface area contributed by atoms with Crippen LogP contribution in [0.5, 0.6) is 5.75 Å². The molecule has 4 heterocycles. The summed E-state index contributed by atoms with van der Waals surface area (Å²) in [6.07, 6.45) is 10.2. The summed E-state index contributed by atoms with van der Waals surface area (Å²) >= 11 is 1.80. The van der Waals surface area contributed by atoms with Crippen molar-refractivity contribution in [1.82, 2.24) is 19.4 Å². The SMILES string of the molecule is CCCc1cnc(-c2cc3sccc3n2C)n1CCCc1ccc(OC2CCCNCC2)cc1.Cl. The maximum atomic E-state index is 6.24. The molecule has 1 aliphatic rings. The van der Waals surface area contributed by atoms with Crippen LogP contribution in [0, 0.1) is 0 Å². The van der Waals surface area contributed by atoms with Crippen molar-refractivity contribution in [3.8, 4) is 17.3 Å². The summed E-state index contributed by atoms with van der Waals surface area (Å²) in [5.41, 5.74) is 5.20. The molecular formula is C28H37ClN4OS. The molecule has 3 aromatic heterocycles. The monoisotopic (exact) mass is 512 g/mol. The van der Waals surface area contributed by atoms with Crippen LogP contribution in [0.4, 0.5) is 0 Å². The van der Waals surface area contributed by atoms with E-state index in [1.165, 1.54) is 33.6 Å². The Kier molecular flexibility index (Phi) is 8.93. The van der Waals surface area contributed by atoms with Gasteiger partial charge in [0.1, 0.15) is 5.75 Å². The van der Waals surface area contributed by atoms with Gasteiger partial charge in [-0.05, 0) is 86.8 Å². The summed E-state index contributed by atoms with van der Waals surface area (Å²) in [6, 6.07) is 13.3. The summed E-state index contributed by atoms with van der Waals surface area (Å²) in [5, 5.41) is 5.61. The van der Waals surface area contributed by atoms with Crippen LogP contribution in [-0.2, 0) is 26.4 Å². The number of aromatic nitrogens is 3. The molecule has 1 fully saturated rings. The fourth-order valence-corrected chi connectivity index (χ4v) is 5.91. The number of halogens is 1. The standard InChI is InChI=1S/C28H36N4OS.ClH/c1-3-6-22-20-30-28(26-19-27-25(31(26)2)14-18-34-27)32(22)17-5-7-21-9-11-24(12-10-21)33-23-8-4-15-29-16-13-23;/h9-12,14,18-20,23,29H,3-8,13,15-17H2,1-2H3;1H. The molecule has 0 spiro atoms. The fraction of sp³-hybridized carbons (Fsp3) is 0.464. The fourth-order valence-electron chi connectivity index (χ4n) is 5.06. The molecule has 4 aromatic rings. The molecule has 5 nitrogen and oxygen atoms in total. The molecule has 1 aromatic carbocycles. The lowest BCUT2D eigenvalue weighted by atomic mass is 10.1. The lowest BCUT2D eigenvalue weighted by Gasteiger charge is -2.17. The summed E-state index contributed by atoms with van der Waals surface area (Å²) < 4.78 is 12.3. The minimum Gasteiger partial charge on any atom is -0.490 e. The molecule has 35 heavy (non-hydrogen) atoms. The van der Waals surface area contributed by atoms with Crippen LogP contribution >= 0.6 is 23.7 Å². The summed E-state index contributed by atoms with van der Waals surface area (Å²) in [7, 11) is 2.15. The van der Waals surface area contributed by atoms with E-state index < -0.39 is 0 Å². The molecule has 7 heteroatoms. The Bertz CT molecular complexity index is 1200.